The molecule has 0 aliphatic carbocycles. The predicted molar refractivity (Wildman–Crippen MR) is 63.8 cm³/mol. The first-order valence-corrected chi connectivity index (χ1v) is 5.76. The Morgan fingerprint density at radius 2 is 2.24 bits per heavy atom. The molecule has 0 saturated carbocycles. The summed E-state index contributed by atoms with van der Waals surface area (Å²) < 4.78 is 5.43. The average molecular weight is 243 g/mol. The largest absolute Gasteiger partial charge is 0.409 e. The second kappa shape index (κ2) is 5.35. The van der Waals surface area contributed by atoms with Crippen molar-refractivity contribution in [2.45, 2.75) is 45.3 Å². The number of hydrogen-bond acceptors (Lipinski definition) is 4. The first-order chi connectivity index (χ1) is 7.85. The van der Waals surface area contributed by atoms with Gasteiger partial charge in [0.15, 0.2) is 5.84 Å². The van der Waals surface area contributed by atoms with Crippen LogP contribution in [0.25, 0.3) is 0 Å². The maximum absolute atomic E-state index is 11.9. The smallest absolute Gasteiger partial charge is 0.249 e. The highest BCUT2D eigenvalue weighted by Crippen LogP contribution is 2.18. The van der Waals surface area contributed by atoms with Crippen molar-refractivity contribution in [3.63, 3.8) is 0 Å². The summed E-state index contributed by atoms with van der Waals surface area (Å²) in [6.45, 7) is 6.34. The third kappa shape index (κ3) is 3.89. The first kappa shape index (κ1) is 13.8. The van der Waals surface area contributed by atoms with Crippen molar-refractivity contribution in [3.05, 3.63) is 0 Å². The lowest BCUT2D eigenvalue weighted by atomic mass is 10.2. The molecule has 6 nitrogen and oxygen atoms in total. The Bertz CT molecular complexity index is 310. The van der Waals surface area contributed by atoms with Crippen molar-refractivity contribution in [3.8, 4) is 0 Å². The number of carbonyl (C=O) groups excluding carboxylic acids is 1. The van der Waals surface area contributed by atoms with Gasteiger partial charge in [-0.3, -0.25) is 4.79 Å². The zero-order valence-electron chi connectivity index (χ0n) is 10.6. The number of amidine groups is 1. The number of nitrogens with two attached hydrogens (primary N) is 1. The van der Waals surface area contributed by atoms with E-state index in [9.17, 15) is 4.79 Å². The fourth-order valence-electron chi connectivity index (χ4n) is 1.80. The van der Waals surface area contributed by atoms with Crippen molar-refractivity contribution in [1.29, 1.82) is 0 Å². The maximum atomic E-state index is 11.9. The minimum Gasteiger partial charge on any atom is -0.409 e. The topological polar surface area (TPSA) is 88.2 Å². The molecule has 1 aliphatic rings. The van der Waals surface area contributed by atoms with Gasteiger partial charge < -0.3 is 20.6 Å². The normalized spacial score (nSPS) is 21.9. The lowest BCUT2D eigenvalue weighted by molar-refractivity contribution is -0.140. The van der Waals surface area contributed by atoms with Crippen molar-refractivity contribution in [2.75, 3.05) is 13.2 Å². The number of carbonyl (C=O) groups is 1. The third-order valence-electron chi connectivity index (χ3n) is 2.66. The summed E-state index contributed by atoms with van der Waals surface area (Å²) >= 11 is 0. The fourth-order valence-corrected chi connectivity index (χ4v) is 1.80. The van der Waals surface area contributed by atoms with Crippen LogP contribution in [0.15, 0.2) is 5.16 Å². The van der Waals surface area contributed by atoms with Gasteiger partial charge in [0.05, 0.1) is 11.6 Å². The Kier molecular flexibility index (Phi) is 4.34. The Morgan fingerprint density at radius 3 is 2.76 bits per heavy atom. The lowest BCUT2D eigenvalue weighted by Crippen LogP contribution is -2.46. The van der Waals surface area contributed by atoms with Crippen molar-refractivity contribution >= 4 is 11.7 Å². The monoisotopic (exact) mass is 243 g/mol. The highest BCUT2D eigenvalue weighted by atomic mass is 16.5. The Labute approximate surface area is 101 Å². The van der Waals surface area contributed by atoms with E-state index in [0.717, 1.165) is 12.8 Å². The summed E-state index contributed by atoms with van der Waals surface area (Å²) in [7, 11) is 0. The number of nitrogens with zero attached hydrogens (tertiary/aromatic N) is 2. The number of oxime groups is 1. The van der Waals surface area contributed by atoms with Crippen LogP contribution >= 0.6 is 0 Å². The highest BCUT2D eigenvalue weighted by molar-refractivity contribution is 5.90. The number of likely N-dealkylation sites (tertiary alicyclic amines) is 1. The molecule has 1 aliphatic heterocycles. The van der Waals surface area contributed by atoms with Crippen LogP contribution in [0, 0.1) is 0 Å². The minimum absolute atomic E-state index is 0.0265. The molecule has 1 heterocycles. The van der Waals surface area contributed by atoms with Gasteiger partial charge in [0.1, 0.15) is 6.61 Å². The van der Waals surface area contributed by atoms with E-state index >= 15 is 0 Å². The van der Waals surface area contributed by atoms with E-state index in [-0.39, 0.29) is 30.0 Å². The molecular formula is C11H21N3O3. The summed E-state index contributed by atoms with van der Waals surface area (Å²) in [4.78, 5) is 13.5. The van der Waals surface area contributed by atoms with Crippen LogP contribution in [-0.2, 0) is 9.53 Å². The molecule has 0 bridgehead atoms. The van der Waals surface area contributed by atoms with Crippen LogP contribution in [0.5, 0.6) is 0 Å². The molecule has 0 radical (unpaired) electrons. The molecule has 0 spiro atoms. The van der Waals surface area contributed by atoms with Crippen LogP contribution in [0.1, 0.15) is 33.6 Å². The molecule has 3 N–H and O–H groups in total. The number of rotatable bonds is 3. The van der Waals surface area contributed by atoms with Gasteiger partial charge in [0.2, 0.25) is 5.91 Å². The van der Waals surface area contributed by atoms with Gasteiger partial charge in [-0.2, -0.15) is 0 Å². The minimum atomic E-state index is -0.346. The van der Waals surface area contributed by atoms with Crippen molar-refractivity contribution in [2.24, 2.45) is 10.9 Å². The molecule has 1 fully saturated rings. The quantitative estimate of drug-likeness (QED) is 0.328. The molecule has 1 amide bonds. The zero-order valence-corrected chi connectivity index (χ0v) is 10.6. The van der Waals surface area contributed by atoms with E-state index in [1.54, 1.807) is 4.90 Å². The maximum Gasteiger partial charge on any atom is 0.249 e. The fraction of sp³-hybridized carbons (Fsp3) is 0.818. The molecule has 6 heteroatoms. The van der Waals surface area contributed by atoms with Gasteiger partial charge in [-0.1, -0.05) is 5.16 Å². The standard InChI is InChI=1S/C11H21N3O3/c1-11(2,3)17-7-9(15)14-6-4-5-8(14)10(12)13-16/h8,16H,4-7H2,1-3H3,(H2,12,13). The summed E-state index contributed by atoms with van der Waals surface area (Å²) in [5.41, 5.74) is 5.21. The number of hydrogen-bond donors (Lipinski definition) is 2. The summed E-state index contributed by atoms with van der Waals surface area (Å²) in [5.74, 6) is -0.0272. The van der Waals surface area contributed by atoms with Crippen LogP contribution in [0.2, 0.25) is 0 Å². The van der Waals surface area contributed by atoms with E-state index in [1.165, 1.54) is 0 Å². The molecular weight excluding hydrogens is 222 g/mol. The van der Waals surface area contributed by atoms with Gasteiger partial charge in [0.25, 0.3) is 0 Å². The van der Waals surface area contributed by atoms with Crippen LogP contribution in [0.3, 0.4) is 0 Å². The van der Waals surface area contributed by atoms with Gasteiger partial charge >= 0.3 is 0 Å². The average Bonchev–Trinajstić information content (AvgIpc) is 2.72. The Hall–Kier alpha value is -1.30. The highest BCUT2D eigenvalue weighted by Gasteiger charge is 2.32. The van der Waals surface area contributed by atoms with E-state index in [2.05, 4.69) is 5.16 Å². The van der Waals surface area contributed by atoms with E-state index in [4.69, 9.17) is 15.7 Å². The summed E-state index contributed by atoms with van der Waals surface area (Å²) in [5, 5.41) is 11.6. The molecule has 0 aromatic heterocycles. The number of ether oxygens (including phenoxy) is 1. The summed E-state index contributed by atoms with van der Waals surface area (Å²) in [6, 6.07) is -0.295. The second-order valence-corrected chi connectivity index (χ2v) is 5.17. The molecule has 17 heavy (non-hydrogen) atoms. The van der Waals surface area contributed by atoms with Crippen LogP contribution < -0.4 is 5.73 Å². The molecule has 1 saturated heterocycles. The lowest BCUT2D eigenvalue weighted by Gasteiger charge is -2.26. The van der Waals surface area contributed by atoms with Gasteiger partial charge in [0, 0.05) is 6.54 Å². The van der Waals surface area contributed by atoms with Crippen molar-refractivity contribution in [1.82, 2.24) is 4.90 Å². The van der Waals surface area contributed by atoms with Gasteiger partial charge in [-0.15, -0.1) is 0 Å². The molecule has 1 rings (SSSR count). The van der Waals surface area contributed by atoms with Gasteiger partial charge in [-0.25, -0.2) is 0 Å². The Balaban J connectivity index is 2.57. The number of amides is 1. The molecule has 0 aromatic carbocycles. The molecule has 98 valence electrons. The Morgan fingerprint density at radius 1 is 1.59 bits per heavy atom. The van der Waals surface area contributed by atoms with E-state index in [1.807, 2.05) is 20.8 Å². The van der Waals surface area contributed by atoms with Crippen LogP contribution in [-0.4, -0.2) is 46.6 Å². The molecule has 0 aromatic rings. The second-order valence-electron chi connectivity index (χ2n) is 5.17. The zero-order chi connectivity index (χ0) is 13.1. The van der Waals surface area contributed by atoms with Crippen LogP contribution in [0.4, 0.5) is 0 Å². The SMILES string of the molecule is CC(C)(C)OCC(=O)N1CCCC1C(N)=NO. The van der Waals surface area contributed by atoms with E-state index < -0.39 is 0 Å². The first-order valence-electron chi connectivity index (χ1n) is 5.76. The molecule has 1 atom stereocenters. The van der Waals surface area contributed by atoms with Crippen molar-refractivity contribution < 1.29 is 14.7 Å². The molecule has 1 unspecified atom stereocenters. The summed E-state index contributed by atoms with van der Waals surface area (Å²) in [6.07, 6.45) is 1.60. The van der Waals surface area contributed by atoms with Gasteiger partial charge in [-0.05, 0) is 33.6 Å². The van der Waals surface area contributed by atoms with E-state index in [0.29, 0.717) is 6.54 Å². The third-order valence-corrected chi connectivity index (χ3v) is 2.66. The predicted octanol–water partition coefficient (Wildman–Crippen LogP) is 0.539.